The van der Waals surface area contributed by atoms with Crippen LogP contribution in [0.3, 0.4) is 0 Å². The van der Waals surface area contributed by atoms with E-state index in [-0.39, 0.29) is 0 Å². The fourth-order valence-electron chi connectivity index (χ4n) is 2.56. The summed E-state index contributed by atoms with van der Waals surface area (Å²) in [6, 6.07) is 0.827. The minimum Gasteiger partial charge on any atom is -0.317 e. The maximum atomic E-state index is 3.42. The average Bonchev–Trinajstić information content (AvgIpc) is 2.32. The van der Waals surface area contributed by atoms with E-state index in [0.29, 0.717) is 0 Å². The quantitative estimate of drug-likeness (QED) is 0.701. The molecule has 2 heteroatoms. The molecule has 2 fully saturated rings. The maximum Gasteiger partial charge on any atom is 0.00746 e. The molecular formula is C13H30N2. The van der Waals surface area contributed by atoms with Gasteiger partial charge in [-0.05, 0) is 51.2 Å². The first-order valence-corrected chi connectivity index (χ1v) is 6.73. The summed E-state index contributed by atoms with van der Waals surface area (Å²) in [5, 5.41) is 6.77. The molecule has 2 nitrogen and oxygen atoms in total. The van der Waals surface area contributed by atoms with Gasteiger partial charge in [-0.15, -0.1) is 0 Å². The number of hydrogen-bond acceptors (Lipinski definition) is 2. The van der Waals surface area contributed by atoms with Gasteiger partial charge < -0.3 is 10.6 Å². The Labute approximate surface area is 96.2 Å². The van der Waals surface area contributed by atoms with E-state index in [1.807, 2.05) is 27.7 Å². The van der Waals surface area contributed by atoms with E-state index in [4.69, 9.17) is 0 Å². The first-order chi connectivity index (χ1) is 7.35. The van der Waals surface area contributed by atoms with Crippen LogP contribution in [-0.4, -0.2) is 26.2 Å². The van der Waals surface area contributed by atoms with Gasteiger partial charge in [0.05, 0.1) is 0 Å². The van der Waals surface area contributed by atoms with Gasteiger partial charge in [-0.2, -0.15) is 0 Å². The maximum absolute atomic E-state index is 3.42. The fraction of sp³-hybridized carbons (Fsp3) is 1.00. The van der Waals surface area contributed by atoms with Crippen molar-refractivity contribution in [3.8, 4) is 0 Å². The smallest absolute Gasteiger partial charge is 0.00746 e. The predicted octanol–water partition coefficient (Wildman–Crippen LogP) is 2.79. The van der Waals surface area contributed by atoms with E-state index in [2.05, 4.69) is 17.7 Å². The molecule has 1 heterocycles. The van der Waals surface area contributed by atoms with Gasteiger partial charge in [-0.25, -0.2) is 0 Å². The zero-order valence-corrected chi connectivity index (χ0v) is 11.3. The van der Waals surface area contributed by atoms with Gasteiger partial charge in [0.1, 0.15) is 0 Å². The molecule has 2 N–H and O–H groups in total. The van der Waals surface area contributed by atoms with E-state index in [1.54, 1.807) is 0 Å². The molecule has 0 radical (unpaired) electrons. The molecule has 0 unspecified atom stereocenters. The third-order valence-corrected chi connectivity index (χ3v) is 3.43. The lowest BCUT2D eigenvalue weighted by molar-refractivity contribution is 0.0496. The van der Waals surface area contributed by atoms with E-state index in [9.17, 15) is 0 Å². The van der Waals surface area contributed by atoms with Gasteiger partial charge in [0.15, 0.2) is 0 Å². The van der Waals surface area contributed by atoms with Crippen LogP contribution in [0.2, 0.25) is 0 Å². The zero-order chi connectivity index (χ0) is 11.7. The van der Waals surface area contributed by atoms with Gasteiger partial charge in [-0.1, -0.05) is 27.7 Å². The summed E-state index contributed by atoms with van der Waals surface area (Å²) < 4.78 is 0. The van der Waals surface area contributed by atoms with Crippen molar-refractivity contribution in [2.24, 2.45) is 5.41 Å². The highest BCUT2D eigenvalue weighted by molar-refractivity contribution is 4.99. The van der Waals surface area contributed by atoms with Crippen LogP contribution in [0.5, 0.6) is 0 Å². The molecule has 1 aliphatic carbocycles. The first kappa shape index (κ1) is 14.9. The summed E-state index contributed by atoms with van der Waals surface area (Å²) in [5.74, 6) is 0. The van der Waals surface area contributed by atoms with E-state index >= 15 is 0 Å². The highest BCUT2D eigenvalue weighted by Gasteiger charge is 2.43. The lowest BCUT2D eigenvalue weighted by atomic mass is 9.61. The number of piperidine rings is 1. The van der Waals surface area contributed by atoms with Crippen molar-refractivity contribution in [3.05, 3.63) is 0 Å². The molecule has 15 heavy (non-hydrogen) atoms. The van der Waals surface area contributed by atoms with Crippen molar-refractivity contribution in [2.45, 2.75) is 59.4 Å². The second kappa shape index (κ2) is 8.12. The third kappa shape index (κ3) is 4.12. The topological polar surface area (TPSA) is 24.1 Å². The lowest BCUT2D eigenvalue weighted by Crippen LogP contribution is -2.52. The standard InChI is InChI=1S/C9H18N2.2C2H6/c1-10-8-6-9(7-8)2-4-11-5-3-9;2*1-2/h8,10-11H,2-7H2,1H3;2*1-2H3. The Hall–Kier alpha value is -0.0800. The highest BCUT2D eigenvalue weighted by atomic mass is 14.9. The summed E-state index contributed by atoms with van der Waals surface area (Å²) in [6.07, 6.45) is 5.66. The molecule has 1 aliphatic heterocycles. The summed E-state index contributed by atoms with van der Waals surface area (Å²) in [5.41, 5.74) is 0.749. The minimum atomic E-state index is 0.749. The van der Waals surface area contributed by atoms with Crippen molar-refractivity contribution in [1.29, 1.82) is 0 Å². The fourth-order valence-corrected chi connectivity index (χ4v) is 2.56. The van der Waals surface area contributed by atoms with Crippen LogP contribution in [0.25, 0.3) is 0 Å². The first-order valence-electron chi connectivity index (χ1n) is 6.73. The van der Waals surface area contributed by atoms with Gasteiger partial charge in [0, 0.05) is 6.04 Å². The summed E-state index contributed by atoms with van der Waals surface area (Å²) in [7, 11) is 2.08. The van der Waals surface area contributed by atoms with Crippen LogP contribution in [0.1, 0.15) is 53.4 Å². The third-order valence-electron chi connectivity index (χ3n) is 3.43. The molecule has 0 aromatic rings. The molecule has 92 valence electrons. The summed E-state index contributed by atoms with van der Waals surface area (Å²) in [6.45, 7) is 10.5. The van der Waals surface area contributed by atoms with Crippen molar-refractivity contribution >= 4 is 0 Å². The van der Waals surface area contributed by atoms with Crippen molar-refractivity contribution < 1.29 is 0 Å². The summed E-state index contributed by atoms with van der Waals surface area (Å²) in [4.78, 5) is 0. The Morgan fingerprint density at radius 3 is 1.87 bits per heavy atom. The van der Waals surface area contributed by atoms with Crippen LogP contribution < -0.4 is 10.6 Å². The Kier molecular flexibility index (Phi) is 8.07. The van der Waals surface area contributed by atoms with Crippen molar-refractivity contribution in [3.63, 3.8) is 0 Å². The second-order valence-corrected chi connectivity index (χ2v) is 4.14. The highest BCUT2D eigenvalue weighted by Crippen LogP contribution is 2.47. The van der Waals surface area contributed by atoms with E-state index in [0.717, 1.165) is 11.5 Å². The Morgan fingerprint density at radius 1 is 1.00 bits per heavy atom. The molecule has 1 saturated carbocycles. The predicted molar refractivity (Wildman–Crippen MR) is 69.3 cm³/mol. The molecule has 0 bridgehead atoms. The normalized spacial score (nSPS) is 23.0. The molecule has 2 rings (SSSR count). The molecule has 2 aliphatic rings. The molecule has 1 saturated heterocycles. The zero-order valence-electron chi connectivity index (χ0n) is 11.3. The second-order valence-electron chi connectivity index (χ2n) is 4.14. The Bertz CT molecular complexity index is 131. The van der Waals surface area contributed by atoms with Crippen molar-refractivity contribution in [2.75, 3.05) is 20.1 Å². The molecule has 0 atom stereocenters. The number of rotatable bonds is 1. The minimum absolute atomic E-state index is 0.749. The van der Waals surface area contributed by atoms with E-state index in [1.165, 1.54) is 38.8 Å². The average molecular weight is 214 g/mol. The number of hydrogen-bond donors (Lipinski definition) is 2. The molecule has 0 aromatic heterocycles. The van der Waals surface area contributed by atoms with Crippen LogP contribution in [0, 0.1) is 5.41 Å². The molecule has 1 spiro atoms. The van der Waals surface area contributed by atoms with Crippen LogP contribution >= 0.6 is 0 Å². The molecule has 0 amide bonds. The van der Waals surface area contributed by atoms with Gasteiger partial charge >= 0.3 is 0 Å². The van der Waals surface area contributed by atoms with E-state index < -0.39 is 0 Å². The van der Waals surface area contributed by atoms with Gasteiger partial charge in [-0.3, -0.25) is 0 Å². The van der Waals surface area contributed by atoms with Crippen molar-refractivity contribution in [1.82, 2.24) is 10.6 Å². The Morgan fingerprint density at radius 2 is 1.47 bits per heavy atom. The Balaban J connectivity index is 0.000000442. The van der Waals surface area contributed by atoms with Crippen LogP contribution in [-0.2, 0) is 0 Å². The number of nitrogens with one attached hydrogen (secondary N) is 2. The summed E-state index contributed by atoms with van der Waals surface area (Å²) >= 11 is 0. The lowest BCUT2D eigenvalue weighted by Gasteiger charge is -2.50. The molecular weight excluding hydrogens is 184 g/mol. The van der Waals surface area contributed by atoms with Gasteiger partial charge in [0.2, 0.25) is 0 Å². The monoisotopic (exact) mass is 214 g/mol. The van der Waals surface area contributed by atoms with Crippen LogP contribution in [0.15, 0.2) is 0 Å². The van der Waals surface area contributed by atoms with Gasteiger partial charge in [0.25, 0.3) is 0 Å². The largest absolute Gasteiger partial charge is 0.317 e. The SMILES string of the molecule is CC.CC.CNC1CC2(CCNCC2)C1. The van der Waals surface area contributed by atoms with Crippen LogP contribution in [0.4, 0.5) is 0 Å². The molecule has 0 aromatic carbocycles.